The second-order valence-corrected chi connectivity index (χ2v) is 6.10. The van der Waals surface area contributed by atoms with E-state index in [1.54, 1.807) is 6.07 Å². The number of rotatable bonds is 4. The first-order valence-electron chi connectivity index (χ1n) is 5.76. The summed E-state index contributed by atoms with van der Waals surface area (Å²) in [6.45, 7) is 0. The molecule has 0 unspecified atom stereocenters. The van der Waals surface area contributed by atoms with Gasteiger partial charge in [-0.3, -0.25) is 10.2 Å². The number of phenols is 1. The topological polar surface area (TPSA) is 95.5 Å². The number of benzene rings is 2. The Kier molecular flexibility index (Phi) is 4.46. The monoisotopic (exact) mass is 326 g/mol. The zero-order valence-corrected chi connectivity index (χ0v) is 12.1. The Bertz CT molecular complexity index is 777. The van der Waals surface area contributed by atoms with Gasteiger partial charge >= 0.3 is 0 Å². The van der Waals surface area contributed by atoms with Crippen molar-refractivity contribution in [1.29, 1.82) is 0 Å². The van der Waals surface area contributed by atoms with Crippen LogP contribution in [0.2, 0.25) is 5.02 Å². The third-order valence-corrected chi connectivity index (χ3v) is 4.28. The van der Waals surface area contributed by atoms with Gasteiger partial charge in [-0.2, -0.15) is 0 Å². The van der Waals surface area contributed by atoms with Gasteiger partial charge in [-0.05, 0) is 30.3 Å². The van der Waals surface area contributed by atoms with Gasteiger partial charge in [0.2, 0.25) is 0 Å². The number of phenolic OH excluding ortho intramolecular Hbond substituents is 1. The second-order valence-electron chi connectivity index (χ2n) is 4.04. The zero-order valence-electron chi connectivity index (χ0n) is 10.6. The van der Waals surface area contributed by atoms with Gasteiger partial charge in [-0.25, -0.2) is 8.42 Å². The number of amides is 1. The summed E-state index contributed by atoms with van der Waals surface area (Å²) in [4.78, 5) is 13.6. The van der Waals surface area contributed by atoms with Gasteiger partial charge in [0.1, 0.15) is 10.6 Å². The normalized spacial score (nSPS) is 11.1. The minimum atomic E-state index is -3.98. The van der Waals surface area contributed by atoms with Crippen molar-refractivity contribution < 1.29 is 18.3 Å². The fraction of sp³-hybridized carbons (Fsp3) is 0. The van der Waals surface area contributed by atoms with E-state index in [4.69, 9.17) is 11.6 Å². The van der Waals surface area contributed by atoms with Crippen molar-refractivity contribution in [2.45, 2.75) is 4.90 Å². The Balaban J connectivity index is 2.12. The van der Waals surface area contributed by atoms with Crippen molar-refractivity contribution in [1.82, 2.24) is 10.3 Å². The predicted molar refractivity (Wildman–Crippen MR) is 77.3 cm³/mol. The standard InChI is InChI=1S/C13H11ClN2O4S/c14-11-6-1-2-7-12(11)21(19,20)16-15-13(18)9-4-3-5-10(17)8-9/h1-8,16-17H,(H,15,18). The smallest absolute Gasteiger partial charge is 0.266 e. The number of halogens is 1. The van der Waals surface area contributed by atoms with E-state index in [0.29, 0.717) is 0 Å². The van der Waals surface area contributed by atoms with Crippen LogP contribution >= 0.6 is 11.6 Å². The average molecular weight is 327 g/mol. The molecule has 0 spiro atoms. The number of aromatic hydroxyl groups is 1. The molecule has 0 bridgehead atoms. The Morgan fingerprint density at radius 2 is 1.81 bits per heavy atom. The SMILES string of the molecule is O=C(NNS(=O)(=O)c1ccccc1Cl)c1cccc(O)c1. The van der Waals surface area contributed by atoms with Crippen LogP contribution in [0, 0.1) is 0 Å². The molecule has 0 saturated heterocycles. The molecule has 0 heterocycles. The fourth-order valence-electron chi connectivity index (χ4n) is 1.55. The minimum absolute atomic E-state index is 0.0385. The first-order chi connectivity index (χ1) is 9.90. The molecule has 0 saturated carbocycles. The van der Waals surface area contributed by atoms with Crippen molar-refractivity contribution >= 4 is 27.5 Å². The van der Waals surface area contributed by atoms with E-state index in [9.17, 15) is 18.3 Å². The van der Waals surface area contributed by atoms with Gasteiger partial charge in [0.15, 0.2) is 0 Å². The predicted octanol–water partition coefficient (Wildman–Crippen LogP) is 1.67. The number of carbonyl (C=O) groups is 1. The molecule has 0 fully saturated rings. The highest BCUT2D eigenvalue weighted by Crippen LogP contribution is 2.19. The Hall–Kier alpha value is -2.09. The zero-order chi connectivity index (χ0) is 15.5. The van der Waals surface area contributed by atoms with Gasteiger partial charge in [-0.1, -0.05) is 29.8 Å². The van der Waals surface area contributed by atoms with Crippen LogP contribution < -0.4 is 10.3 Å². The fourth-order valence-corrected chi connectivity index (χ4v) is 2.91. The van der Waals surface area contributed by atoms with E-state index >= 15 is 0 Å². The van der Waals surface area contributed by atoms with Crippen molar-refractivity contribution in [2.24, 2.45) is 0 Å². The molecule has 0 aliphatic heterocycles. The van der Waals surface area contributed by atoms with Crippen molar-refractivity contribution in [3.8, 4) is 5.75 Å². The van der Waals surface area contributed by atoms with Crippen LogP contribution in [-0.2, 0) is 10.0 Å². The molecule has 0 atom stereocenters. The van der Waals surface area contributed by atoms with E-state index in [1.165, 1.54) is 42.5 Å². The van der Waals surface area contributed by atoms with Gasteiger partial charge in [0, 0.05) is 5.56 Å². The molecule has 3 N–H and O–H groups in total. The largest absolute Gasteiger partial charge is 0.508 e. The van der Waals surface area contributed by atoms with Crippen LogP contribution in [0.25, 0.3) is 0 Å². The number of nitrogens with one attached hydrogen (secondary N) is 2. The summed E-state index contributed by atoms with van der Waals surface area (Å²) in [5.74, 6) is -0.807. The number of hydrazine groups is 1. The number of sulfonamides is 1. The second kappa shape index (κ2) is 6.13. The summed E-state index contributed by atoms with van der Waals surface area (Å²) in [5, 5.41) is 9.31. The van der Waals surface area contributed by atoms with Crippen LogP contribution in [0.4, 0.5) is 0 Å². The lowest BCUT2D eigenvalue weighted by Gasteiger charge is -2.09. The highest BCUT2D eigenvalue weighted by Gasteiger charge is 2.18. The highest BCUT2D eigenvalue weighted by atomic mass is 35.5. The lowest BCUT2D eigenvalue weighted by Crippen LogP contribution is -2.41. The lowest BCUT2D eigenvalue weighted by atomic mass is 10.2. The lowest BCUT2D eigenvalue weighted by molar-refractivity contribution is 0.0944. The molecule has 0 aliphatic carbocycles. The van der Waals surface area contributed by atoms with Crippen LogP contribution in [0.3, 0.4) is 0 Å². The molecule has 2 rings (SSSR count). The van der Waals surface area contributed by atoms with E-state index in [-0.39, 0.29) is 21.2 Å². The van der Waals surface area contributed by atoms with E-state index in [0.717, 1.165) is 0 Å². The Labute approximate surface area is 126 Å². The number of hydrogen-bond donors (Lipinski definition) is 3. The maximum atomic E-state index is 12.0. The number of hydrogen-bond acceptors (Lipinski definition) is 4. The van der Waals surface area contributed by atoms with Gasteiger partial charge in [0.05, 0.1) is 5.02 Å². The van der Waals surface area contributed by atoms with E-state index in [1.807, 2.05) is 10.3 Å². The summed E-state index contributed by atoms with van der Waals surface area (Å²) in [6, 6.07) is 11.3. The molecule has 6 nitrogen and oxygen atoms in total. The molecule has 110 valence electrons. The molecule has 1 amide bonds. The van der Waals surface area contributed by atoms with Gasteiger partial charge in [-0.15, -0.1) is 4.83 Å². The molecule has 8 heteroatoms. The van der Waals surface area contributed by atoms with Crippen molar-refractivity contribution in [3.63, 3.8) is 0 Å². The summed E-state index contributed by atoms with van der Waals surface area (Å²) >= 11 is 5.80. The maximum Gasteiger partial charge on any atom is 0.266 e. The van der Waals surface area contributed by atoms with Crippen molar-refractivity contribution in [2.75, 3.05) is 0 Å². The minimum Gasteiger partial charge on any atom is -0.508 e. The third kappa shape index (κ3) is 3.72. The van der Waals surface area contributed by atoms with E-state index < -0.39 is 15.9 Å². The van der Waals surface area contributed by atoms with Crippen LogP contribution in [-0.4, -0.2) is 19.4 Å². The highest BCUT2D eigenvalue weighted by molar-refractivity contribution is 7.89. The van der Waals surface area contributed by atoms with Crippen molar-refractivity contribution in [3.05, 3.63) is 59.1 Å². The van der Waals surface area contributed by atoms with Gasteiger partial charge < -0.3 is 5.11 Å². The molecule has 0 aromatic heterocycles. The summed E-state index contributed by atoms with van der Waals surface area (Å²) in [7, 11) is -3.98. The third-order valence-electron chi connectivity index (χ3n) is 2.53. The van der Waals surface area contributed by atoms with Crippen LogP contribution in [0.15, 0.2) is 53.4 Å². The first kappa shape index (κ1) is 15.3. The maximum absolute atomic E-state index is 12.0. The van der Waals surface area contributed by atoms with E-state index in [2.05, 4.69) is 0 Å². The average Bonchev–Trinajstić information content (AvgIpc) is 2.45. The summed E-state index contributed by atoms with van der Waals surface area (Å²) in [5.41, 5.74) is 2.15. The van der Waals surface area contributed by atoms with Crippen LogP contribution in [0.5, 0.6) is 5.75 Å². The summed E-state index contributed by atoms with van der Waals surface area (Å²) < 4.78 is 24.0. The Morgan fingerprint density at radius 1 is 1.10 bits per heavy atom. The molecule has 0 radical (unpaired) electrons. The molecular weight excluding hydrogens is 316 g/mol. The quantitative estimate of drug-likeness (QED) is 0.745. The molecule has 2 aromatic carbocycles. The number of carbonyl (C=O) groups excluding carboxylic acids is 1. The first-order valence-corrected chi connectivity index (χ1v) is 7.62. The van der Waals surface area contributed by atoms with Gasteiger partial charge in [0.25, 0.3) is 15.9 Å². The van der Waals surface area contributed by atoms with Crippen LogP contribution in [0.1, 0.15) is 10.4 Å². The summed E-state index contributed by atoms with van der Waals surface area (Å²) in [6.07, 6.45) is 0. The molecule has 0 aliphatic rings. The Morgan fingerprint density at radius 3 is 2.48 bits per heavy atom. The molecular formula is C13H11ClN2O4S. The molecule has 21 heavy (non-hydrogen) atoms. The molecule has 2 aromatic rings.